The molecule has 0 saturated heterocycles. The second-order valence-electron chi connectivity index (χ2n) is 4.43. The van der Waals surface area contributed by atoms with Crippen molar-refractivity contribution in [2.45, 2.75) is 25.8 Å². The predicted molar refractivity (Wildman–Crippen MR) is 74.9 cm³/mol. The Hall–Kier alpha value is -1.89. The van der Waals surface area contributed by atoms with Gasteiger partial charge in [0.2, 0.25) is 0 Å². The Morgan fingerprint density at radius 2 is 2.05 bits per heavy atom. The lowest BCUT2D eigenvalue weighted by Gasteiger charge is -2.10. The number of methoxy groups -OCH3 is 2. The van der Waals surface area contributed by atoms with E-state index in [1.807, 2.05) is 6.08 Å². The van der Waals surface area contributed by atoms with Gasteiger partial charge in [0.05, 0.1) is 19.9 Å². The molecule has 0 fully saturated rings. The summed E-state index contributed by atoms with van der Waals surface area (Å²) in [5.41, 5.74) is 1.31. The molecule has 0 aliphatic heterocycles. The van der Waals surface area contributed by atoms with Crippen LogP contribution in [0.5, 0.6) is 0 Å². The summed E-state index contributed by atoms with van der Waals surface area (Å²) in [4.78, 5) is 27.7. The van der Waals surface area contributed by atoms with Crippen LogP contribution in [-0.4, -0.2) is 37.2 Å². The van der Waals surface area contributed by atoms with Crippen molar-refractivity contribution < 1.29 is 19.1 Å². The van der Waals surface area contributed by atoms with Crippen LogP contribution in [-0.2, 0) is 14.3 Å². The summed E-state index contributed by atoms with van der Waals surface area (Å²) >= 11 is 1.26. The van der Waals surface area contributed by atoms with Gasteiger partial charge in [0.1, 0.15) is 4.88 Å². The minimum absolute atomic E-state index is 0.0974. The summed E-state index contributed by atoms with van der Waals surface area (Å²) in [6, 6.07) is 0.0974. The number of aromatic nitrogens is 1. The number of nitrogens with one attached hydrogen (secondary N) is 1. The fourth-order valence-corrected chi connectivity index (χ4v) is 3.00. The molecule has 20 heavy (non-hydrogen) atoms. The highest BCUT2D eigenvalue weighted by molar-refractivity contribution is 7.17. The fraction of sp³-hybridized carbons (Fsp3) is 0.462. The van der Waals surface area contributed by atoms with Gasteiger partial charge in [0.25, 0.3) is 0 Å². The quantitative estimate of drug-likeness (QED) is 0.855. The monoisotopic (exact) mass is 296 g/mol. The van der Waals surface area contributed by atoms with Crippen LogP contribution in [0.1, 0.15) is 28.2 Å². The second kappa shape index (κ2) is 6.04. The first kappa shape index (κ1) is 14.5. The number of carbonyl (C=O) groups is 2. The number of anilines is 1. The van der Waals surface area contributed by atoms with Gasteiger partial charge in [-0.25, -0.2) is 14.6 Å². The van der Waals surface area contributed by atoms with E-state index in [2.05, 4.69) is 10.3 Å². The van der Waals surface area contributed by atoms with Gasteiger partial charge < -0.3 is 14.8 Å². The largest absolute Gasteiger partial charge is 0.466 e. The van der Waals surface area contributed by atoms with Crippen LogP contribution in [0.4, 0.5) is 5.13 Å². The maximum Gasteiger partial charge on any atom is 0.350 e. The molecule has 0 radical (unpaired) electrons. The van der Waals surface area contributed by atoms with E-state index in [4.69, 9.17) is 9.47 Å². The van der Waals surface area contributed by atoms with Gasteiger partial charge in [-0.2, -0.15) is 0 Å². The van der Waals surface area contributed by atoms with Gasteiger partial charge in [0.15, 0.2) is 5.13 Å². The number of ether oxygens (including phenoxy) is 2. The van der Waals surface area contributed by atoms with Crippen molar-refractivity contribution in [1.29, 1.82) is 0 Å². The number of esters is 2. The molecule has 1 aliphatic rings. The standard InChI is InChI=1S/C13H16N2O4S/c1-7-10(12(17)19-3)20-13(14-7)15-9-5-4-8(6-9)11(16)18-2/h4,9H,5-6H2,1-3H3,(H,14,15). The van der Waals surface area contributed by atoms with E-state index in [1.54, 1.807) is 6.92 Å². The van der Waals surface area contributed by atoms with Crippen molar-refractivity contribution in [3.63, 3.8) is 0 Å². The van der Waals surface area contributed by atoms with Gasteiger partial charge >= 0.3 is 11.9 Å². The first-order valence-corrected chi connectivity index (χ1v) is 6.96. The lowest BCUT2D eigenvalue weighted by Crippen LogP contribution is -2.17. The molecule has 1 aromatic heterocycles. The Balaban J connectivity index is 1.99. The molecule has 0 bridgehead atoms. The van der Waals surface area contributed by atoms with Crippen LogP contribution in [0.25, 0.3) is 0 Å². The van der Waals surface area contributed by atoms with Gasteiger partial charge in [-0.1, -0.05) is 17.4 Å². The number of aryl methyl sites for hydroxylation is 1. The molecule has 1 aromatic rings. The number of thiazole rings is 1. The first-order valence-electron chi connectivity index (χ1n) is 6.14. The van der Waals surface area contributed by atoms with Gasteiger partial charge in [-0.05, 0) is 19.8 Å². The Morgan fingerprint density at radius 3 is 2.70 bits per heavy atom. The minimum atomic E-state index is -0.382. The second-order valence-corrected chi connectivity index (χ2v) is 5.43. The summed E-state index contributed by atoms with van der Waals surface area (Å²) < 4.78 is 9.39. The molecule has 1 aliphatic carbocycles. The van der Waals surface area contributed by atoms with Crippen LogP contribution in [0.2, 0.25) is 0 Å². The van der Waals surface area contributed by atoms with Crippen LogP contribution >= 0.6 is 11.3 Å². The lowest BCUT2D eigenvalue weighted by atomic mass is 10.2. The Morgan fingerprint density at radius 1 is 1.35 bits per heavy atom. The van der Waals surface area contributed by atoms with Gasteiger partial charge in [0, 0.05) is 11.6 Å². The molecule has 7 heteroatoms. The van der Waals surface area contributed by atoms with Crippen molar-refractivity contribution in [2.24, 2.45) is 0 Å². The van der Waals surface area contributed by atoms with Gasteiger partial charge in [-0.3, -0.25) is 0 Å². The molecular formula is C13H16N2O4S. The number of rotatable bonds is 4. The third-order valence-electron chi connectivity index (χ3n) is 3.06. The van der Waals surface area contributed by atoms with E-state index in [0.29, 0.717) is 27.7 Å². The van der Waals surface area contributed by atoms with E-state index >= 15 is 0 Å². The maximum atomic E-state index is 11.5. The summed E-state index contributed by atoms with van der Waals surface area (Å²) in [7, 11) is 2.72. The topological polar surface area (TPSA) is 77.5 Å². The highest BCUT2D eigenvalue weighted by Gasteiger charge is 2.24. The van der Waals surface area contributed by atoms with E-state index in [1.165, 1.54) is 25.6 Å². The van der Waals surface area contributed by atoms with Gasteiger partial charge in [-0.15, -0.1) is 0 Å². The van der Waals surface area contributed by atoms with Crippen LogP contribution in [0.15, 0.2) is 11.6 Å². The molecule has 0 spiro atoms. The zero-order chi connectivity index (χ0) is 14.7. The van der Waals surface area contributed by atoms with E-state index in [9.17, 15) is 9.59 Å². The van der Waals surface area contributed by atoms with E-state index in [-0.39, 0.29) is 18.0 Å². The van der Waals surface area contributed by atoms with Crippen molar-refractivity contribution in [1.82, 2.24) is 4.98 Å². The molecule has 1 heterocycles. The molecule has 2 rings (SSSR count). The Kier molecular flexibility index (Phi) is 4.39. The SMILES string of the molecule is COC(=O)C1=CCC(Nc2nc(C)c(C(=O)OC)s2)C1. The molecule has 6 nitrogen and oxygen atoms in total. The molecule has 1 atom stereocenters. The zero-order valence-electron chi connectivity index (χ0n) is 11.6. The summed E-state index contributed by atoms with van der Waals surface area (Å²) in [6.07, 6.45) is 3.20. The first-order chi connectivity index (χ1) is 9.55. The number of carbonyl (C=O) groups excluding carboxylic acids is 2. The zero-order valence-corrected chi connectivity index (χ0v) is 12.4. The van der Waals surface area contributed by atoms with Crippen LogP contribution < -0.4 is 5.32 Å². The Bertz CT molecular complexity index is 565. The molecule has 0 amide bonds. The average molecular weight is 296 g/mol. The maximum absolute atomic E-state index is 11.5. The molecule has 1 N–H and O–H groups in total. The predicted octanol–water partition coefficient (Wildman–Crippen LogP) is 1.91. The number of hydrogen-bond donors (Lipinski definition) is 1. The van der Waals surface area contributed by atoms with E-state index < -0.39 is 0 Å². The summed E-state index contributed by atoms with van der Waals surface area (Å²) in [5, 5.41) is 3.89. The minimum Gasteiger partial charge on any atom is -0.466 e. The summed E-state index contributed by atoms with van der Waals surface area (Å²) in [5.74, 6) is -0.673. The number of hydrogen-bond acceptors (Lipinski definition) is 7. The summed E-state index contributed by atoms with van der Waals surface area (Å²) in [6.45, 7) is 1.76. The average Bonchev–Trinajstić information content (AvgIpc) is 3.04. The molecule has 108 valence electrons. The van der Waals surface area contributed by atoms with E-state index in [0.717, 1.165) is 6.42 Å². The third-order valence-corrected chi connectivity index (χ3v) is 4.13. The molecular weight excluding hydrogens is 280 g/mol. The van der Waals surface area contributed by atoms with Crippen molar-refractivity contribution >= 4 is 28.4 Å². The van der Waals surface area contributed by atoms with Crippen LogP contribution in [0.3, 0.4) is 0 Å². The van der Waals surface area contributed by atoms with Crippen molar-refractivity contribution in [2.75, 3.05) is 19.5 Å². The Labute approximate surface area is 120 Å². The lowest BCUT2D eigenvalue weighted by molar-refractivity contribution is -0.136. The normalized spacial score (nSPS) is 17.6. The molecule has 1 unspecified atom stereocenters. The third kappa shape index (κ3) is 2.98. The molecule has 0 aromatic carbocycles. The highest BCUT2D eigenvalue weighted by atomic mass is 32.1. The van der Waals surface area contributed by atoms with Crippen molar-refractivity contribution in [3.05, 3.63) is 22.2 Å². The van der Waals surface area contributed by atoms with Crippen molar-refractivity contribution in [3.8, 4) is 0 Å². The van der Waals surface area contributed by atoms with Crippen LogP contribution in [0, 0.1) is 6.92 Å². The smallest absolute Gasteiger partial charge is 0.350 e. The number of nitrogens with zero attached hydrogens (tertiary/aromatic N) is 1. The molecule has 0 saturated carbocycles. The highest BCUT2D eigenvalue weighted by Crippen LogP contribution is 2.28. The fourth-order valence-electron chi connectivity index (χ4n) is 2.04.